The number of nitrogens with two attached hydrogens (primary N) is 1. The molecule has 0 fully saturated rings. The van der Waals surface area contributed by atoms with Crippen LogP contribution in [0.25, 0.3) is 0 Å². The number of benzene rings is 3. The van der Waals surface area contributed by atoms with Crippen LogP contribution in [0, 0.1) is 0 Å². The fourth-order valence-corrected chi connectivity index (χ4v) is 3.58. The van der Waals surface area contributed by atoms with Crippen LogP contribution < -0.4 is 11.1 Å². The normalized spacial score (nSPS) is 11.7. The van der Waals surface area contributed by atoms with Crippen molar-refractivity contribution in [2.75, 3.05) is 11.1 Å². The molecule has 1 atom stereocenters. The molecule has 0 aliphatic heterocycles. The Labute approximate surface area is 156 Å². The first-order valence-electron chi connectivity index (χ1n) is 7.75. The van der Waals surface area contributed by atoms with E-state index in [-0.39, 0.29) is 5.91 Å². The van der Waals surface area contributed by atoms with Gasteiger partial charge in [0, 0.05) is 21.3 Å². The quantitative estimate of drug-likeness (QED) is 0.468. The summed E-state index contributed by atoms with van der Waals surface area (Å²) in [6.07, 6.45) is 0. The minimum absolute atomic E-state index is 0.0963. The summed E-state index contributed by atoms with van der Waals surface area (Å²) in [5, 5.41) is 3.19. The Morgan fingerprint density at radius 2 is 1.68 bits per heavy atom. The van der Waals surface area contributed by atoms with Crippen molar-refractivity contribution in [1.82, 2.24) is 0 Å². The van der Waals surface area contributed by atoms with Crippen molar-refractivity contribution in [3.63, 3.8) is 0 Å². The maximum Gasteiger partial charge on any atom is 0.242 e. The standard InChI is InChI=1S/C20H17ClN2OS/c21-15-9-11-17(12-10-15)23-20(24)19(14-5-2-1-3-6-14)25-18-8-4-7-16(22)13-18/h1-13,19H,22H2,(H,23,24). The molecule has 0 spiro atoms. The Morgan fingerprint density at radius 3 is 2.36 bits per heavy atom. The molecule has 0 saturated carbocycles. The van der Waals surface area contributed by atoms with E-state index in [0.29, 0.717) is 16.4 Å². The zero-order chi connectivity index (χ0) is 17.6. The Kier molecular flexibility index (Phi) is 5.64. The summed E-state index contributed by atoms with van der Waals surface area (Å²) >= 11 is 7.37. The van der Waals surface area contributed by atoms with Gasteiger partial charge in [0.05, 0.1) is 0 Å². The molecule has 126 valence electrons. The Bertz CT molecular complexity index is 853. The van der Waals surface area contributed by atoms with Crippen LogP contribution in [0.5, 0.6) is 0 Å². The summed E-state index contributed by atoms with van der Waals surface area (Å²) in [6.45, 7) is 0. The minimum Gasteiger partial charge on any atom is -0.399 e. The maximum atomic E-state index is 12.9. The Morgan fingerprint density at radius 1 is 0.960 bits per heavy atom. The van der Waals surface area contributed by atoms with Crippen LogP contribution >= 0.6 is 23.4 Å². The van der Waals surface area contributed by atoms with Crippen molar-refractivity contribution < 1.29 is 4.79 Å². The van der Waals surface area contributed by atoms with Crippen LogP contribution in [0.3, 0.4) is 0 Å². The van der Waals surface area contributed by atoms with E-state index in [0.717, 1.165) is 10.5 Å². The summed E-state index contributed by atoms with van der Waals surface area (Å²) in [5.41, 5.74) is 8.18. The highest BCUT2D eigenvalue weighted by atomic mass is 35.5. The summed E-state index contributed by atoms with van der Waals surface area (Å²) in [4.78, 5) is 13.8. The van der Waals surface area contributed by atoms with E-state index in [9.17, 15) is 4.79 Å². The molecular formula is C20H17ClN2OS. The van der Waals surface area contributed by atoms with Gasteiger partial charge in [0.1, 0.15) is 5.25 Å². The SMILES string of the molecule is Nc1cccc(SC(C(=O)Nc2ccc(Cl)cc2)c2ccccc2)c1. The number of amides is 1. The molecule has 0 heterocycles. The fourth-order valence-electron chi connectivity index (χ4n) is 2.37. The molecule has 0 saturated heterocycles. The average Bonchev–Trinajstić information content (AvgIpc) is 2.62. The monoisotopic (exact) mass is 368 g/mol. The second kappa shape index (κ2) is 8.10. The first-order valence-corrected chi connectivity index (χ1v) is 9.01. The first kappa shape index (κ1) is 17.4. The molecule has 0 aliphatic rings. The number of nitrogens with one attached hydrogen (secondary N) is 1. The second-order valence-corrected chi connectivity index (χ2v) is 7.09. The van der Waals surface area contributed by atoms with Gasteiger partial charge in [-0.05, 0) is 48.0 Å². The van der Waals surface area contributed by atoms with E-state index in [1.807, 2.05) is 54.6 Å². The molecule has 1 amide bonds. The highest BCUT2D eigenvalue weighted by Gasteiger charge is 2.22. The Hall–Kier alpha value is -2.43. The second-order valence-electron chi connectivity index (χ2n) is 5.48. The highest BCUT2D eigenvalue weighted by Crippen LogP contribution is 2.36. The molecule has 5 heteroatoms. The number of thioether (sulfide) groups is 1. The molecule has 25 heavy (non-hydrogen) atoms. The molecule has 3 N–H and O–H groups in total. The molecule has 1 unspecified atom stereocenters. The van der Waals surface area contributed by atoms with Crippen molar-refractivity contribution in [1.29, 1.82) is 0 Å². The lowest BCUT2D eigenvalue weighted by Gasteiger charge is -2.17. The van der Waals surface area contributed by atoms with Crippen LogP contribution in [0.1, 0.15) is 10.8 Å². The van der Waals surface area contributed by atoms with E-state index in [1.54, 1.807) is 24.3 Å². The zero-order valence-corrected chi connectivity index (χ0v) is 14.9. The van der Waals surface area contributed by atoms with Gasteiger partial charge in [-0.2, -0.15) is 0 Å². The zero-order valence-electron chi connectivity index (χ0n) is 13.4. The van der Waals surface area contributed by atoms with Gasteiger partial charge in [0.25, 0.3) is 0 Å². The van der Waals surface area contributed by atoms with Gasteiger partial charge in [-0.15, -0.1) is 11.8 Å². The molecule has 3 nitrogen and oxygen atoms in total. The van der Waals surface area contributed by atoms with Gasteiger partial charge in [-0.25, -0.2) is 0 Å². The average molecular weight is 369 g/mol. The largest absolute Gasteiger partial charge is 0.399 e. The molecular weight excluding hydrogens is 352 g/mol. The van der Waals surface area contributed by atoms with E-state index < -0.39 is 5.25 Å². The number of hydrogen-bond acceptors (Lipinski definition) is 3. The van der Waals surface area contributed by atoms with Gasteiger partial charge in [0.2, 0.25) is 5.91 Å². The molecule has 0 bridgehead atoms. The maximum absolute atomic E-state index is 12.9. The highest BCUT2D eigenvalue weighted by molar-refractivity contribution is 8.00. The number of rotatable bonds is 5. The van der Waals surface area contributed by atoms with E-state index in [4.69, 9.17) is 17.3 Å². The number of nitrogen functional groups attached to an aromatic ring is 1. The number of carbonyl (C=O) groups is 1. The predicted molar refractivity (Wildman–Crippen MR) is 106 cm³/mol. The van der Waals surface area contributed by atoms with Crippen molar-refractivity contribution in [2.45, 2.75) is 10.1 Å². The van der Waals surface area contributed by atoms with Gasteiger partial charge >= 0.3 is 0 Å². The summed E-state index contributed by atoms with van der Waals surface area (Å²) in [5.74, 6) is -0.0963. The molecule has 3 aromatic rings. The predicted octanol–water partition coefficient (Wildman–Crippen LogP) is 5.39. The van der Waals surface area contributed by atoms with Crippen molar-refractivity contribution in [3.8, 4) is 0 Å². The number of hydrogen-bond donors (Lipinski definition) is 2. The van der Waals surface area contributed by atoms with Gasteiger partial charge < -0.3 is 11.1 Å². The number of carbonyl (C=O) groups excluding carboxylic acids is 1. The number of anilines is 2. The third-order valence-electron chi connectivity index (χ3n) is 3.56. The van der Waals surface area contributed by atoms with Gasteiger partial charge in [-0.1, -0.05) is 48.0 Å². The third kappa shape index (κ3) is 4.78. The number of halogens is 1. The van der Waals surface area contributed by atoms with Crippen LogP contribution in [-0.4, -0.2) is 5.91 Å². The minimum atomic E-state index is -0.390. The van der Waals surface area contributed by atoms with Crippen LogP contribution in [0.4, 0.5) is 11.4 Å². The van der Waals surface area contributed by atoms with E-state index >= 15 is 0 Å². The van der Waals surface area contributed by atoms with Crippen molar-refractivity contribution in [2.24, 2.45) is 0 Å². The topological polar surface area (TPSA) is 55.1 Å². The van der Waals surface area contributed by atoms with E-state index in [2.05, 4.69) is 5.32 Å². The summed E-state index contributed by atoms with van der Waals surface area (Å²) < 4.78 is 0. The van der Waals surface area contributed by atoms with Crippen LogP contribution in [-0.2, 0) is 4.79 Å². The lowest BCUT2D eigenvalue weighted by atomic mass is 10.1. The molecule has 0 radical (unpaired) electrons. The summed E-state index contributed by atoms with van der Waals surface area (Å²) in [7, 11) is 0. The third-order valence-corrected chi connectivity index (χ3v) is 5.06. The van der Waals surface area contributed by atoms with Gasteiger partial charge in [-0.3, -0.25) is 4.79 Å². The lowest BCUT2D eigenvalue weighted by Crippen LogP contribution is -2.19. The first-order chi connectivity index (χ1) is 12.1. The molecule has 3 rings (SSSR count). The van der Waals surface area contributed by atoms with Gasteiger partial charge in [0.15, 0.2) is 0 Å². The lowest BCUT2D eigenvalue weighted by molar-refractivity contribution is -0.115. The van der Waals surface area contributed by atoms with E-state index in [1.165, 1.54) is 11.8 Å². The molecule has 3 aromatic carbocycles. The van der Waals surface area contributed by atoms with Crippen molar-refractivity contribution in [3.05, 3.63) is 89.4 Å². The molecule has 0 aliphatic carbocycles. The smallest absolute Gasteiger partial charge is 0.242 e. The Balaban J connectivity index is 1.85. The van der Waals surface area contributed by atoms with Crippen LogP contribution in [0.2, 0.25) is 5.02 Å². The fraction of sp³-hybridized carbons (Fsp3) is 0.0500. The van der Waals surface area contributed by atoms with Crippen molar-refractivity contribution >= 4 is 40.6 Å². The summed E-state index contributed by atoms with van der Waals surface area (Å²) in [6, 6.07) is 24.3. The molecule has 0 aromatic heterocycles. The van der Waals surface area contributed by atoms with Crippen LogP contribution in [0.15, 0.2) is 83.8 Å².